The van der Waals surface area contributed by atoms with Crippen LogP contribution in [0.2, 0.25) is 0 Å². The number of aliphatic hydroxyl groups is 1. The highest BCUT2D eigenvalue weighted by molar-refractivity contribution is 5.95. The summed E-state index contributed by atoms with van der Waals surface area (Å²) in [6.45, 7) is 12.9. The SMILES string of the molecule is CC[C@H](C)[C@H]1NC(=O)[C@@H]([NH3+])[C@@H](C)OC(=O)[C@H](Cc2ccc(OC)cc2)N(C)C(=O)[C@@H]2CCCN2C(=O)[C@H](CC(C)C)NC(=O)[C@H](C(C)C)NC(=O)C[C@@H]1O. The molecule has 15 nitrogen and oxygen atoms in total. The van der Waals surface area contributed by atoms with Crippen LogP contribution in [0.5, 0.6) is 5.75 Å². The Hall–Kier alpha value is -4.24. The van der Waals surface area contributed by atoms with E-state index in [1.54, 1.807) is 45.2 Å². The van der Waals surface area contributed by atoms with Gasteiger partial charge in [-0.05, 0) is 61.6 Å². The molecule has 15 heteroatoms. The summed E-state index contributed by atoms with van der Waals surface area (Å²) in [5.41, 5.74) is 4.68. The Morgan fingerprint density at radius 1 is 0.963 bits per heavy atom. The van der Waals surface area contributed by atoms with Crippen LogP contribution in [0, 0.1) is 17.8 Å². The van der Waals surface area contributed by atoms with E-state index in [2.05, 4.69) is 21.7 Å². The molecule has 302 valence electrons. The normalized spacial score (nSPS) is 29.2. The Labute approximate surface area is 319 Å². The lowest BCUT2D eigenvalue weighted by molar-refractivity contribution is -0.419. The smallest absolute Gasteiger partial charge is 0.329 e. The fraction of sp³-hybridized carbons (Fsp3) is 0.692. The lowest BCUT2D eigenvalue weighted by Crippen LogP contribution is -2.73. The van der Waals surface area contributed by atoms with E-state index in [9.17, 15) is 33.9 Å². The Balaban J connectivity index is 2.09. The summed E-state index contributed by atoms with van der Waals surface area (Å²) < 4.78 is 11.1. The third kappa shape index (κ3) is 11.4. The molecule has 2 aliphatic heterocycles. The quantitative estimate of drug-likeness (QED) is 0.234. The predicted molar refractivity (Wildman–Crippen MR) is 200 cm³/mol. The zero-order valence-corrected chi connectivity index (χ0v) is 33.4. The van der Waals surface area contributed by atoms with Crippen molar-refractivity contribution in [2.45, 2.75) is 135 Å². The molecule has 0 saturated carbocycles. The largest absolute Gasteiger partial charge is 0.497 e. The van der Waals surface area contributed by atoms with Gasteiger partial charge in [0.05, 0.1) is 25.7 Å². The van der Waals surface area contributed by atoms with Crippen molar-refractivity contribution in [2.24, 2.45) is 17.8 Å². The number of esters is 1. The van der Waals surface area contributed by atoms with Crippen molar-refractivity contribution < 1.29 is 49.1 Å². The highest BCUT2D eigenvalue weighted by atomic mass is 16.5. The van der Waals surface area contributed by atoms with Gasteiger partial charge in [-0.3, -0.25) is 24.0 Å². The standard InChI is InChI=1S/C39H62N6O9/c1-10-23(6)34-30(46)20-31(47)42-33(22(4)5)36(49)41-27(18-21(2)3)37(50)45-17-11-12-28(45)38(51)44(8)29(19-25-13-15-26(53-9)16-14-25)39(52)54-24(7)32(40)35(48)43-34/h13-16,21-24,27-30,32-34,46H,10-12,17-20,40H2,1-9H3,(H,41,49)(H,42,47)(H,43,48)/p+1/t23-,24+,27-,28-,29-,30-,32-,33-,34+/m0/s1. The predicted octanol–water partition coefficient (Wildman–Crippen LogP) is 0.565. The van der Waals surface area contributed by atoms with E-state index >= 15 is 0 Å². The number of nitrogens with zero attached hydrogens (tertiary/aromatic N) is 2. The molecule has 2 fully saturated rings. The van der Waals surface area contributed by atoms with Crippen molar-refractivity contribution in [1.29, 1.82) is 0 Å². The van der Waals surface area contributed by atoms with Crippen LogP contribution in [0.15, 0.2) is 24.3 Å². The highest BCUT2D eigenvalue weighted by Gasteiger charge is 2.43. The average Bonchev–Trinajstić information content (AvgIpc) is 3.62. The van der Waals surface area contributed by atoms with Crippen molar-refractivity contribution in [2.75, 3.05) is 20.7 Å². The number of aliphatic hydroxyl groups excluding tert-OH is 1. The first kappa shape index (κ1) is 44.2. The number of carbonyl (C=O) groups excluding carboxylic acids is 6. The summed E-state index contributed by atoms with van der Waals surface area (Å²) >= 11 is 0. The van der Waals surface area contributed by atoms with Crippen LogP contribution < -0.4 is 26.4 Å². The minimum absolute atomic E-state index is 0.00869. The third-order valence-electron chi connectivity index (χ3n) is 10.7. The first-order valence-corrected chi connectivity index (χ1v) is 19.2. The van der Waals surface area contributed by atoms with Gasteiger partial charge >= 0.3 is 5.97 Å². The van der Waals surface area contributed by atoms with E-state index in [-0.39, 0.29) is 37.1 Å². The Bertz CT molecular complexity index is 1470. The maximum Gasteiger partial charge on any atom is 0.329 e. The minimum Gasteiger partial charge on any atom is -0.497 e. The van der Waals surface area contributed by atoms with E-state index in [0.717, 1.165) is 0 Å². The summed E-state index contributed by atoms with van der Waals surface area (Å²) in [4.78, 5) is 86.1. The van der Waals surface area contributed by atoms with E-state index in [0.29, 0.717) is 30.6 Å². The van der Waals surface area contributed by atoms with Crippen LogP contribution in [0.1, 0.15) is 86.1 Å². The van der Waals surface area contributed by atoms with Crippen LogP contribution in [-0.4, -0.2) is 120 Å². The molecule has 9 atom stereocenters. The van der Waals surface area contributed by atoms with Crippen LogP contribution >= 0.6 is 0 Å². The number of hydrogen-bond donors (Lipinski definition) is 5. The van der Waals surface area contributed by atoms with Gasteiger partial charge in [-0.15, -0.1) is 0 Å². The van der Waals surface area contributed by atoms with Gasteiger partial charge in [0.15, 0.2) is 6.10 Å². The Morgan fingerprint density at radius 2 is 1.61 bits per heavy atom. The molecule has 0 unspecified atom stereocenters. The van der Waals surface area contributed by atoms with E-state index < -0.39 is 90.4 Å². The summed E-state index contributed by atoms with van der Waals surface area (Å²) in [5, 5.41) is 19.7. The summed E-state index contributed by atoms with van der Waals surface area (Å²) in [6, 6.07) is 0.983. The molecule has 0 aromatic heterocycles. The van der Waals surface area contributed by atoms with Gasteiger partial charge in [0, 0.05) is 20.0 Å². The topological polar surface area (TPSA) is 211 Å². The van der Waals surface area contributed by atoms with Gasteiger partial charge in [-0.25, -0.2) is 4.79 Å². The number of benzene rings is 1. The third-order valence-corrected chi connectivity index (χ3v) is 10.7. The molecule has 54 heavy (non-hydrogen) atoms. The summed E-state index contributed by atoms with van der Waals surface area (Å²) in [5.74, 6) is -3.48. The van der Waals surface area contributed by atoms with Gasteiger partial charge in [0.25, 0.3) is 5.91 Å². The van der Waals surface area contributed by atoms with Crippen molar-refractivity contribution >= 4 is 35.5 Å². The second-order valence-corrected chi connectivity index (χ2v) is 15.6. The number of carbonyl (C=O) groups is 6. The summed E-state index contributed by atoms with van der Waals surface area (Å²) in [6.07, 6.45) is -0.991. The fourth-order valence-electron chi connectivity index (χ4n) is 6.98. The maximum atomic E-state index is 14.3. The number of hydrogen-bond acceptors (Lipinski definition) is 9. The number of likely N-dealkylation sites (N-methyl/N-ethyl adjacent to an activating group) is 1. The van der Waals surface area contributed by atoms with Crippen molar-refractivity contribution in [3.63, 3.8) is 0 Å². The van der Waals surface area contributed by atoms with Crippen molar-refractivity contribution in [1.82, 2.24) is 25.8 Å². The number of amides is 5. The van der Waals surface area contributed by atoms with Crippen LogP contribution in [-0.2, 0) is 39.9 Å². The lowest BCUT2D eigenvalue weighted by Gasteiger charge is -2.35. The number of nitrogens with one attached hydrogen (secondary N) is 3. The highest BCUT2D eigenvalue weighted by Crippen LogP contribution is 2.25. The van der Waals surface area contributed by atoms with Crippen LogP contribution in [0.25, 0.3) is 0 Å². The molecular formula is C39H63N6O9+. The molecule has 0 bridgehead atoms. The van der Waals surface area contributed by atoms with Gasteiger partial charge in [-0.2, -0.15) is 0 Å². The molecule has 2 aliphatic rings. The minimum atomic E-state index is -1.32. The molecule has 1 aromatic rings. The second kappa shape index (κ2) is 19.9. The van der Waals surface area contributed by atoms with Gasteiger partial charge in [0.1, 0.15) is 29.9 Å². The van der Waals surface area contributed by atoms with Crippen molar-refractivity contribution in [3.05, 3.63) is 29.8 Å². The number of ether oxygens (including phenoxy) is 2. The Kier molecular flexibility index (Phi) is 16.3. The van der Waals surface area contributed by atoms with E-state index in [1.807, 2.05) is 27.7 Å². The average molecular weight is 760 g/mol. The first-order chi connectivity index (χ1) is 25.4. The van der Waals surface area contributed by atoms with Gasteiger partial charge in [-0.1, -0.05) is 60.1 Å². The fourth-order valence-corrected chi connectivity index (χ4v) is 6.98. The zero-order valence-electron chi connectivity index (χ0n) is 33.4. The second-order valence-electron chi connectivity index (χ2n) is 15.6. The number of quaternary nitrogens is 1. The monoisotopic (exact) mass is 759 g/mol. The summed E-state index contributed by atoms with van der Waals surface area (Å²) in [7, 11) is 3.04. The molecule has 0 aliphatic carbocycles. The number of methoxy groups -OCH3 is 1. The molecule has 5 amide bonds. The molecule has 0 radical (unpaired) electrons. The molecule has 2 saturated heterocycles. The number of rotatable bonds is 8. The molecule has 2 heterocycles. The Morgan fingerprint density at radius 3 is 2.19 bits per heavy atom. The number of cyclic esters (lactones) is 1. The van der Waals surface area contributed by atoms with Crippen LogP contribution in [0.4, 0.5) is 0 Å². The number of fused-ring (bicyclic) bond motifs is 1. The van der Waals surface area contributed by atoms with E-state index in [4.69, 9.17) is 9.47 Å². The van der Waals surface area contributed by atoms with Gasteiger partial charge in [0.2, 0.25) is 29.7 Å². The molecular weight excluding hydrogens is 696 g/mol. The first-order valence-electron chi connectivity index (χ1n) is 19.2. The van der Waals surface area contributed by atoms with E-state index in [1.165, 1.54) is 23.8 Å². The lowest BCUT2D eigenvalue weighted by atomic mass is 9.91. The molecule has 3 rings (SSSR count). The van der Waals surface area contributed by atoms with Gasteiger partial charge < -0.3 is 46.1 Å². The zero-order chi connectivity index (χ0) is 40.4. The molecule has 7 N–H and O–H groups in total. The van der Waals surface area contributed by atoms with Crippen LogP contribution in [0.3, 0.4) is 0 Å². The molecule has 0 spiro atoms. The maximum absolute atomic E-state index is 14.3. The molecule has 1 aromatic carbocycles. The van der Waals surface area contributed by atoms with Crippen molar-refractivity contribution in [3.8, 4) is 5.75 Å².